The maximum absolute atomic E-state index is 10.2. The van der Waals surface area contributed by atoms with Crippen LogP contribution in [0, 0.1) is 16.7 Å². The van der Waals surface area contributed by atoms with Gasteiger partial charge in [0.05, 0.1) is 11.5 Å². The van der Waals surface area contributed by atoms with Crippen LogP contribution < -0.4 is 0 Å². The number of nitrogens with zero attached hydrogens (tertiary/aromatic N) is 1. The number of hydrogen-bond donors (Lipinski definition) is 1. The molecule has 196 valence electrons. The normalized spacial score (nSPS) is 19.8. The minimum Gasteiger partial charge on any atom is -0.396 e. The molecule has 0 spiro atoms. The van der Waals surface area contributed by atoms with Gasteiger partial charge in [0, 0.05) is 6.61 Å². The second-order valence-electron chi connectivity index (χ2n) is 11.3. The number of benzene rings is 2. The Bertz CT molecular complexity index is 894. The van der Waals surface area contributed by atoms with Gasteiger partial charge in [-0.1, -0.05) is 120 Å². The summed E-state index contributed by atoms with van der Waals surface area (Å²) >= 11 is 0. The van der Waals surface area contributed by atoms with Gasteiger partial charge in [-0.3, -0.25) is 0 Å². The fourth-order valence-electron chi connectivity index (χ4n) is 6.04. The summed E-state index contributed by atoms with van der Waals surface area (Å²) in [5.74, 6) is 0.516. The molecule has 0 heterocycles. The smallest absolute Gasteiger partial charge is 0.0689 e. The molecule has 1 saturated carbocycles. The summed E-state index contributed by atoms with van der Waals surface area (Å²) in [5, 5.41) is 19.0. The van der Waals surface area contributed by atoms with Crippen molar-refractivity contribution in [3.63, 3.8) is 0 Å². The molecule has 1 fully saturated rings. The van der Waals surface area contributed by atoms with E-state index in [1.54, 1.807) is 0 Å². The molecule has 0 aliphatic heterocycles. The van der Waals surface area contributed by atoms with Crippen LogP contribution in [-0.2, 0) is 6.42 Å². The molecule has 2 atom stereocenters. The van der Waals surface area contributed by atoms with Crippen molar-refractivity contribution in [2.24, 2.45) is 5.41 Å². The van der Waals surface area contributed by atoms with E-state index in [0.717, 1.165) is 32.1 Å². The Morgan fingerprint density at radius 1 is 0.806 bits per heavy atom. The quantitative estimate of drug-likeness (QED) is 0.239. The molecule has 2 nitrogen and oxygen atoms in total. The molecule has 36 heavy (non-hydrogen) atoms. The zero-order valence-electron chi connectivity index (χ0n) is 22.8. The number of unbranched alkanes of at least 4 members (excludes halogenated alkanes) is 9. The largest absolute Gasteiger partial charge is 0.396 e. The van der Waals surface area contributed by atoms with Crippen LogP contribution in [0.4, 0.5) is 0 Å². The molecule has 2 aromatic carbocycles. The summed E-state index contributed by atoms with van der Waals surface area (Å²) in [5.41, 5.74) is 5.30. The van der Waals surface area contributed by atoms with Crippen molar-refractivity contribution in [3.8, 4) is 17.2 Å². The Balaban J connectivity index is 1.45. The van der Waals surface area contributed by atoms with Crippen molar-refractivity contribution in [1.29, 1.82) is 5.26 Å². The lowest BCUT2D eigenvalue weighted by Crippen LogP contribution is -2.26. The third kappa shape index (κ3) is 9.08. The SMILES string of the molecule is CCCCc1ccc(-c2ccc(C3CCCC(C#N)(CCCCCCCCCCCO)C3)cc2)cc1. The summed E-state index contributed by atoms with van der Waals surface area (Å²) in [4.78, 5) is 0. The number of nitriles is 1. The van der Waals surface area contributed by atoms with E-state index < -0.39 is 0 Å². The van der Waals surface area contributed by atoms with Crippen molar-refractivity contribution >= 4 is 0 Å². The van der Waals surface area contributed by atoms with E-state index in [0.29, 0.717) is 12.5 Å². The van der Waals surface area contributed by atoms with E-state index in [4.69, 9.17) is 5.11 Å². The van der Waals surface area contributed by atoms with E-state index in [9.17, 15) is 5.26 Å². The van der Waals surface area contributed by atoms with Crippen LogP contribution in [0.3, 0.4) is 0 Å². The first-order chi connectivity index (χ1) is 17.7. The van der Waals surface area contributed by atoms with Crippen molar-refractivity contribution in [1.82, 2.24) is 0 Å². The number of hydrogen-bond acceptors (Lipinski definition) is 2. The topological polar surface area (TPSA) is 44.0 Å². The Morgan fingerprint density at radius 2 is 1.39 bits per heavy atom. The Hall–Kier alpha value is -2.11. The fraction of sp³-hybridized carbons (Fsp3) is 0.618. The molecule has 1 aliphatic carbocycles. The van der Waals surface area contributed by atoms with E-state index in [1.807, 2.05) is 0 Å². The van der Waals surface area contributed by atoms with Crippen LogP contribution in [0.15, 0.2) is 48.5 Å². The molecule has 0 amide bonds. The van der Waals surface area contributed by atoms with Crippen LogP contribution in [0.25, 0.3) is 11.1 Å². The second-order valence-corrected chi connectivity index (χ2v) is 11.3. The summed E-state index contributed by atoms with van der Waals surface area (Å²) < 4.78 is 0. The predicted octanol–water partition coefficient (Wildman–Crippen LogP) is 9.76. The lowest BCUT2D eigenvalue weighted by atomic mass is 9.66. The zero-order chi connectivity index (χ0) is 25.5. The monoisotopic (exact) mass is 487 g/mol. The molecule has 1 aliphatic rings. The van der Waals surface area contributed by atoms with Gasteiger partial charge in [-0.05, 0) is 73.1 Å². The van der Waals surface area contributed by atoms with E-state index in [1.165, 1.54) is 99.3 Å². The average molecular weight is 488 g/mol. The molecule has 0 bridgehead atoms. The van der Waals surface area contributed by atoms with Gasteiger partial charge in [0.1, 0.15) is 0 Å². The highest BCUT2D eigenvalue weighted by Gasteiger charge is 2.36. The number of rotatable bonds is 16. The lowest BCUT2D eigenvalue weighted by molar-refractivity contribution is 0.218. The van der Waals surface area contributed by atoms with Crippen LogP contribution in [0.2, 0.25) is 0 Å². The minimum atomic E-state index is -0.125. The first-order valence-electron chi connectivity index (χ1n) is 14.9. The summed E-state index contributed by atoms with van der Waals surface area (Å²) in [6, 6.07) is 21.1. The van der Waals surface area contributed by atoms with E-state index >= 15 is 0 Å². The summed E-state index contributed by atoms with van der Waals surface area (Å²) in [7, 11) is 0. The maximum Gasteiger partial charge on any atom is 0.0689 e. The van der Waals surface area contributed by atoms with Gasteiger partial charge in [0.25, 0.3) is 0 Å². The highest BCUT2D eigenvalue weighted by molar-refractivity contribution is 5.64. The highest BCUT2D eigenvalue weighted by Crippen LogP contribution is 2.46. The molecule has 0 aromatic heterocycles. The van der Waals surface area contributed by atoms with Crippen molar-refractivity contribution in [3.05, 3.63) is 59.7 Å². The third-order valence-corrected chi connectivity index (χ3v) is 8.38. The zero-order valence-corrected chi connectivity index (χ0v) is 22.8. The highest BCUT2D eigenvalue weighted by atomic mass is 16.2. The number of aryl methyl sites for hydroxylation is 1. The maximum atomic E-state index is 10.2. The molecule has 1 N–H and O–H groups in total. The standard InChI is InChI=1S/C34H49NO/c1-2-3-14-29-16-18-30(19-17-29)31-20-22-32(23-21-31)33-15-13-25-34(27-33,28-35)24-11-9-7-5-4-6-8-10-12-26-36/h16-23,33,36H,2-15,24-27H2,1H3. The van der Waals surface area contributed by atoms with Crippen molar-refractivity contribution < 1.29 is 5.11 Å². The van der Waals surface area contributed by atoms with Crippen molar-refractivity contribution in [2.45, 2.75) is 122 Å². The number of aliphatic hydroxyl groups is 1. The second kappa shape index (κ2) is 15.9. The lowest BCUT2D eigenvalue weighted by Gasteiger charge is -2.36. The molecule has 2 aromatic rings. The minimum absolute atomic E-state index is 0.125. The summed E-state index contributed by atoms with van der Waals surface area (Å²) in [6.07, 6.45) is 20.3. The molecule has 2 unspecified atom stereocenters. The summed E-state index contributed by atoms with van der Waals surface area (Å²) in [6.45, 7) is 2.58. The average Bonchev–Trinajstić information content (AvgIpc) is 2.93. The van der Waals surface area contributed by atoms with Gasteiger partial charge in [-0.15, -0.1) is 0 Å². The Kier molecular flexibility index (Phi) is 12.6. The first kappa shape index (κ1) is 28.5. The van der Waals surface area contributed by atoms with Gasteiger partial charge >= 0.3 is 0 Å². The van der Waals surface area contributed by atoms with Crippen molar-refractivity contribution in [2.75, 3.05) is 6.61 Å². The molecule has 3 rings (SSSR count). The molecule has 0 radical (unpaired) electrons. The van der Waals surface area contributed by atoms with Gasteiger partial charge < -0.3 is 5.11 Å². The van der Waals surface area contributed by atoms with E-state index in [2.05, 4.69) is 61.5 Å². The molecular formula is C34H49NO. The first-order valence-corrected chi connectivity index (χ1v) is 14.9. The van der Waals surface area contributed by atoms with E-state index in [-0.39, 0.29) is 5.41 Å². The van der Waals surface area contributed by atoms with Crippen LogP contribution in [0.1, 0.15) is 127 Å². The van der Waals surface area contributed by atoms with Crippen LogP contribution in [-0.4, -0.2) is 11.7 Å². The predicted molar refractivity (Wildman–Crippen MR) is 153 cm³/mol. The molecule has 0 saturated heterocycles. The van der Waals surface area contributed by atoms with Gasteiger partial charge in [-0.2, -0.15) is 5.26 Å². The van der Waals surface area contributed by atoms with Gasteiger partial charge in [0.15, 0.2) is 0 Å². The molecule has 2 heteroatoms. The van der Waals surface area contributed by atoms with Crippen LogP contribution >= 0.6 is 0 Å². The third-order valence-electron chi connectivity index (χ3n) is 8.38. The Labute approximate surface area is 221 Å². The molecular weight excluding hydrogens is 438 g/mol. The van der Waals surface area contributed by atoms with Gasteiger partial charge in [-0.25, -0.2) is 0 Å². The Morgan fingerprint density at radius 3 is 1.97 bits per heavy atom. The number of aliphatic hydroxyl groups excluding tert-OH is 1. The fourth-order valence-corrected chi connectivity index (χ4v) is 6.04. The van der Waals surface area contributed by atoms with Gasteiger partial charge in [0.2, 0.25) is 0 Å². The van der Waals surface area contributed by atoms with Crippen LogP contribution in [0.5, 0.6) is 0 Å².